The molecule has 0 aliphatic heterocycles. The van der Waals surface area contributed by atoms with Gasteiger partial charge in [0.15, 0.2) is 0 Å². The minimum Gasteiger partial charge on any atom is -0.479 e. The molecule has 4 heteroatoms. The smallest absolute Gasteiger partial charge is 0.338 e. The lowest BCUT2D eigenvalue weighted by molar-refractivity contribution is -0.142. The molecule has 0 heterocycles. The summed E-state index contributed by atoms with van der Waals surface area (Å²) in [5.74, 6) is -1.82. The van der Waals surface area contributed by atoms with E-state index in [1.165, 1.54) is 30.3 Å². The Morgan fingerprint density at radius 3 is 2.53 bits per heavy atom. The molecule has 0 bridgehead atoms. The number of allylic oxidation sites excluding steroid dienone is 1. The second-order valence-corrected chi connectivity index (χ2v) is 3.00. The lowest BCUT2D eigenvalue weighted by Gasteiger charge is -1.97. The number of aliphatic carboxylic acids is 1. The summed E-state index contributed by atoms with van der Waals surface area (Å²) in [5.41, 5.74) is 0.703. The van der Waals surface area contributed by atoms with E-state index in [2.05, 4.69) is 0 Å². The molecule has 1 unspecified atom stereocenters. The maximum Gasteiger partial charge on any atom is 0.338 e. The molecule has 0 aliphatic rings. The van der Waals surface area contributed by atoms with Gasteiger partial charge in [0.2, 0.25) is 6.17 Å². The van der Waals surface area contributed by atoms with E-state index in [4.69, 9.17) is 5.11 Å². The van der Waals surface area contributed by atoms with Crippen LogP contribution in [0, 0.1) is 5.82 Å². The zero-order valence-electron chi connectivity index (χ0n) is 7.86. The first kappa shape index (κ1) is 11.4. The average Bonchev–Trinajstić information content (AvgIpc) is 2.20. The Bertz CT molecular complexity index is 357. The van der Waals surface area contributed by atoms with Crippen LogP contribution in [0.25, 0.3) is 6.08 Å². The molecule has 1 aromatic carbocycles. The first-order chi connectivity index (χ1) is 7.09. The summed E-state index contributed by atoms with van der Waals surface area (Å²) in [6.07, 6.45) is 0.884. The number of hydrogen-bond donors (Lipinski definition) is 1. The summed E-state index contributed by atoms with van der Waals surface area (Å²) in [7, 11) is 0. The zero-order chi connectivity index (χ0) is 11.3. The summed E-state index contributed by atoms with van der Waals surface area (Å²) >= 11 is 0. The van der Waals surface area contributed by atoms with Gasteiger partial charge in [-0.2, -0.15) is 0 Å². The summed E-state index contributed by atoms with van der Waals surface area (Å²) in [6.45, 7) is 0. The Morgan fingerprint density at radius 2 is 2.00 bits per heavy atom. The van der Waals surface area contributed by atoms with Crippen molar-refractivity contribution in [2.75, 3.05) is 0 Å². The van der Waals surface area contributed by atoms with E-state index < -0.39 is 12.1 Å². The van der Waals surface area contributed by atoms with Crippen molar-refractivity contribution in [1.29, 1.82) is 0 Å². The van der Waals surface area contributed by atoms with E-state index in [-0.39, 0.29) is 12.2 Å². The van der Waals surface area contributed by atoms with E-state index >= 15 is 0 Å². The van der Waals surface area contributed by atoms with Crippen LogP contribution in [0.1, 0.15) is 12.0 Å². The predicted octanol–water partition coefficient (Wildman–Crippen LogP) is 2.65. The molecule has 1 rings (SSSR count). The Morgan fingerprint density at radius 1 is 1.40 bits per heavy atom. The third-order valence-electron chi connectivity index (χ3n) is 1.79. The van der Waals surface area contributed by atoms with E-state index in [1.54, 1.807) is 6.08 Å². The Kier molecular flexibility index (Phi) is 3.97. The Balaban J connectivity index is 2.51. The molecule has 0 saturated heterocycles. The molecular weight excluding hydrogens is 202 g/mol. The Hall–Kier alpha value is -1.71. The molecule has 0 aromatic heterocycles. The molecule has 0 saturated carbocycles. The minimum atomic E-state index is -1.89. The molecule has 1 atom stereocenters. The van der Waals surface area contributed by atoms with Gasteiger partial charge in [0, 0.05) is 6.42 Å². The molecule has 0 aliphatic carbocycles. The van der Waals surface area contributed by atoms with E-state index in [0.717, 1.165) is 0 Å². The molecule has 0 amide bonds. The number of carboxylic acid groups (broad SMARTS) is 1. The molecular formula is C11H10F2O2. The highest BCUT2D eigenvalue weighted by Gasteiger charge is 2.12. The van der Waals surface area contributed by atoms with Crippen LogP contribution in [-0.2, 0) is 4.79 Å². The second kappa shape index (κ2) is 5.24. The number of carboxylic acids is 1. The van der Waals surface area contributed by atoms with Crippen molar-refractivity contribution in [3.8, 4) is 0 Å². The van der Waals surface area contributed by atoms with Gasteiger partial charge in [-0.25, -0.2) is 13.6 Å². The van der Waals surface area contributed by atoms with Crippen LogP contribution in [0.3, 0.4) is 0 Å². The first-order valence-electron chi connectivity index (χ1n) is 4.38. The summed E-state index contributed by atoms with van der Waals surface area (Å²) < 4.78 is 25.1. The van der Waals surface area contributed by atoms with Crippen molar-refractivity contribution >= 4 is 12.0 Å². The lowest BCUT2D eigenvalue weighted by Crippen LogP contribution is -2.12. The lowest BCUT2D eigenvalue weighted by atomic mass is 10.2. The van der Waals surface area contributed by atoms with Crippen molar-refractivity contribution in [2.45, 2.75) is 12.6 Å². The maximum atomic E-state index is 12.6. The predicted molar refractivity (Wildman–Crippen MR) is 52.6 cm³/mol. The fraction of sp³-hybridized carbons (Fsp3) is 0.182. The number of rotatable bonds is 4. The highest BCUT2D eigenvalue weighted by molar-refractivity contribution is 5.72. The number of benzene rings is 1. The minimum absolute atomic E-state index is 0.188. The van der Waals surface area contributed by atoms with E-state index in [1.807, 2.05) is 0 Å². The third-order valence-corrected chi connectivity index (χ3v) is 1.79. The van der Waals surface area contributed by atoms with Gasteiger partial charge in [0.1, 0.15) is 5.82 Å². The monoisotopic (exact) mass is 212 g/mol. The fourth-order valence-electron chi connectivity index (χ4n) is 0.998. The summed E-state index contributed by atoms with van der Waals surface area (Å²) in [5, 5.41) is 8.26. The van der Waals surface area contributed by atoms with Crippen LogP contribution in [-0.4, -0.2) is 17.2 Å². The van der Waals surface area contributed by atoms with E-state index in [0.29, 0.717) is 5.56 Å². The molecule has 0 radical (unpaired) electrons. The molecule has 0 fully saturated rings. The van der Waals surface area contributed by atoms with Crippen molar-refractivity contribution in [3.63, 3.8) is 0 Å². The SMILES string of the molecule is O=C(O)C(F)C/C=C/c1ccc(F)cc1. The maximum absolute atomic E-state index is 12.6. The highest BCUT2D eigenvalue weighted by Crippen LogP contribution is 2.07. The largest absolute Gasteiger partial charge is 0.479 e. The van der Waals surface area contributed by atoms with Crippen LogP contribution in [0.2, 0.25) is 0 Å². The molecule has 2 nitrogen and oxygen atoms in total. The average molecular weight is 212 g/mol. The molecule has 80 valence electrons. The van der Waals surface area contributed by atoms with Crippen LogP contribution in [0.5, 0.6) is 0 Å². The van der Waals surface area contributed by atoms with E-state index in [9.17, 15) is 13.6 Å². The van der Waals surface area contributed by atoms with Crippen molar-refractivity contribution in [1.82, 2.24) is 0 Å². The van der Waals surface area contributed by atoms with Crippen LogP contribution >= 0.6 is 0 Å². The Labute approximate surface area is 85.9 Å². The van der Waals surface area contributed by atoms with Gasteiger partial charge >= 0.3 is 5.97 Å². The normalized spacial score (nSPS) is 12.9. The second-order valence-electron chi connectivity index (χ2n) is 3.00. The highest BCUT2D eigenvalue weighted by atomic mass is 19.1. The van der Waals surface area contributed by atoms with Crippen LogP contribution in [0.4, 0.5) is 8.78 Å². The van der Waals surface area contributed by atoms with Gasteiger partial charge in [0.05, 0.1) is 0 Å². The van der Waals surface area contributed by atoms with Gasteiger partial charge in [-0.1, -0.05) is 24.3 Å². The summed E-state index contributed by atoms with van der Waals surface area (Å²) in [4.78, 5) is 10.1. The third kappa shape index (κ3) is 3.89. The van der Waals surface area contributed by atoms with Crippen molar-refractivity contribution in [3.05, 3.63) is 41.7 Å². The quantitative estimate of drug-likeness (QED) is 0.833. The topological polar surface area (TPSA) is 37.3 Å². The zero-order valence-corrected chi connectivity index (χ0v) is 7.86. The van der Waals surface area contributed by atoms with Gasteiger partial charge in [0.25, 0.3) is 0 Å². The first-order valence-corrected chi connectivity index (χ1v) is 4.38. The molecule has 1 N–H and O–H groups in total. The fourth-order valence-corrected chi connectivity index (χ4v) is 0.998. The number of hydrogen-bond acceptors (Lipinski definition) is 1. The summed E-state index contributed by atoms with van der Waals surface area (Å²) in [6, 6.07) is 5.62. The van der Waals surface area contributed by atoms with Gasteiger partial charge in [-0.05, 0) is 17.7 Å². The molecule has 15 heavy (non-hydrogen) atoms. The van der Waals surface area contributed by atoms with Crippen molar-refractivity contribution in [2.24, 2.45) is 0 Å². The van der Waals surface area contributed by atoms with Crippen molar-refractivity contribution < 1.29 is 18.7 Å². The van der Waals surface area contributed by atoms with Crippen LogP contribution in [0.15, 0.2) is 30.3 Å². The standard InChI is InChI=1S/C11H10F2O2/c12-9-6-4-8(5-7-9)2-1-3-10(13)11(14)15/h1-2,4-7,10H,3H2,(H,14,15)/b2-1+. The van der Waals surface area contributed by atoms with Gasteiger partial charge in [-0.15, -0.1) is 0 Å². The molecule has 0 spiro atoms. The molecule has 1 aromatic rings. The number of halogens is 2. The van der Waals surface area contributed by atoms with Gasteiger partial charge < -0.3 is 5.11 Å². The van der Waals surface area contributed by atoms with Crippen LogP contribution < -0.4 is 0 Å². The number of carbonyl (C=O) groups is 1. The number of alkyl halides is 1. The van der Waals surface area contributed by atoms with Gasteiger partial charge in [-0.3, -0.25) is 0 Å².